The molecule has 2 N–H and O–H groups in total. The monoisotopic (exact) mass is 237 g/mol. The summed E-state index contributed by atoms with van der Waals surface area (Å²) in [6.45, 7) is 9.07. The summed E-state index contributed by atoms with van der Waals surface area (Å²) >= 11 is 0. The highest BCUT2D eigenvalue weighted by atomic mass is 16.2. The van der Waals surface area contributed by atoms with Crippen LogP contribution in [0.1, 0.15) is 13.8 Å². The van der Waals surface area contributed by atoms with Gasteiger partial charge in [-0.25, -0.2) is 0 Å². The van der Waals surface area contributed by atoms with E-state index in [9.17, 15) is 9.59 Å². The van der Waals surface area contributed by atoms with Gasteiger partial charge in [-0.2, -0.15) is 0 Å². The maximum absolute atomic E-state index is 11.3. The summed E-state index contributed by atoms with van der Waals surface area (Å²) in [7, 11) is 0. The molecule has 0 aromatic carbocycles. The minimum Gasteiger partial charge on any atom is -0.350 e. The van der Waals surface area contributed by atoms with E-state index in [4.69, 9.17) is 0 Å². The second-order valence-electron chi connectivity index (χ2n) is 4.39. The zero-order valence-electron chi connectivity index (χ0n) is 10.3. The molecular formula is C12H19N3O2. The second-order valence-corrected chi connectivity index (χ2v) is 4.39. The lowest BCUT2D eigenvalue weighted by Crippen LogP contribution is -2.45. The van der Waals surface area contributed by atoms with Gasteiger partial charge in [-0.05, 0) is 13.8 Å². The first-order chi connectivity index (χ1) is 7.97. The lowest BCUT2D eigenvalue weighted by molar-refractivity contribution is -0.122. The predicted molar refractivity (Wildman–Crippen MR) is 66.1 cm³/mol. The number of carbonyl (C=O) groups is 2. The Morgan fingerprint density at radius 3 is 2.88 bits per heavy atom. The number of nitrogens with one attached hydrogen (secondary N) is 2. The number of hydrogen-bond acceptors (Lipinski definition) is 3. The molecule has 17 heavy (non-hydrogen) atoms. The van der Waals surface area contributed by atoms with Gasteiger partial charge in [0.2, 0.25) is 11.8 Å². The quantitative estimate of drug-likeness (QED) is 0.677. The van der Waals surface area contributed by atoms with E-state index < -0.39 is 0 Å². The van der Waals surface area contributed by atoms with Crippen molar-refractivity contribution in [2.45, 2.75) is 19.9 Å². The Bertz CT molecular complexity index is 332. The largest absolute Gasteiger partial charge is 0.350 e. The standard InChI is InChI=1S/C12H19N3O2/c1-9(2)13-11(16)5-4-6-15-7-10(3)14-12(17)8-15/h4-5,9H,3,6-8H2,1-2H3,(H,13,16)(H,14,17)/b5-4+. The first-order valence-electron chi connectivity index (χ1n) is 5.64. The van der Waals surface area contributed by atoms with Crippen molar-refractivity contribution in [3.05, 3.63) is 24.4 Å². The molecule has 1 fully saturated rings. The van der Waals surface area contributed by atoms with E-state index in [-0.39, 0.29) is 17.9 Å². The number of carbonyl (C=O) groups excluding carboxylic acids is 2. The van der Waals surface area contributed by atoms with Gasteiger partial charge in [-0.3, -0.25) is 14.5 Å². The minimum absolute atomic E-state index is 0.0544. The number of piperazine rings is 1. The Morgan fingerprint density at radius 2 is 2.29 bits per heavy atom. The molecule has 1 aliphatic heterocycles. The highest BCUT2D eigenvalue weighted by molar-refractivity contribution is 5.87. The molecule has 5 nitrogen and oxygen atoms in total. The molecule has 1 heterocycles. The molecule has 0 unspecified atom stereocenters. The Kier molecular flexibility index (Phi) is 4.90. The molecule has 0 aromatic rings. The Labute approximate surface area is 102 Å². The van der Waals surface area contributed by atoms with Gasteiger partial charge in [-0.1, -0.05) is 12.7 Å². The predicted octanol–water partition coefficient (Wildman–Crippen LogP) is 0.0127. The molecule has 94 valence electrons. The number of rotatable bonds is 4. The molecule has 0 saturated carbocycles. The Balaban J connectivity index is 2.34. The van der Waals surface area contributed by atoms with Gasteiger partial charge in [0.1, 0.15) is 0 Å². The van der Waals surface area contributed by atoms with Crippen LogP contribution in [-0.4, -0.2) is 42.4 Å². The van der Waals surface area contributed by atoms with Crippen molar-refractivity contribution < 1.29 is 9.59 Å². The molecule has 0 aromatic heterocycles. The average molecular weight is 237 g/mol. The van der Waals surface area contributed by atoms with Crippen molar-refractivity contribution in [3.8, 4) is 0 Å². The summed E-state index contributed by atoms with van der Waals surface area (Å²) in [6.07, 6.45) is 3.25. The van der Waals surface area contributed by atoms with Crippen LogP contribution in [-0.2, 0) is 9.59 Å². The second kappa shape index (κ2) is 6.20. The molecular weight excluding hydrogens is 218 g/mol. The van der Waals surface area contributed by atoms with Gasteiger partial charge >= 0.3 is 0 Å². The van der Waals surface area contributed by atoms with Crippen LogP contribution in [0, 0.1) is 0 Å². The SMILES string of the molecule is C=C1CN(C/C=C/C(=O)NC(C)C)CC(=O)N1. The summed E-state index contributed by atoms with van der Waals surface area (Å²) in [5.41, 5.74) is 0.696. The highest BCUT2D eigenvalue weighted by Gasteiger charge is 2.17. The molecule has 1 saturated heterocycles. The van der Waals surface area contributed by atoms with E-state index in [1.165, 1.54) is 6.08 Å². The maximum Gasteiger partial charge on any atom is 0.243 e. The van der Waals surface area contributed by atoms with Crippen LogP contribution in [0.4, 0.5) is 0 Å². The zero-order chi connectivity index (χ0) is 12.8. The maximum atomic E-state index is 11.3. The third kappa shape index (κ3) is 5.31. The molecule has 0 aliphatic carbocycles. The van der Waals surface area contributed by atoms with Crippen LogP contribution in [0.5, 0.6) is 0 Å². The van der Waals surface area contributed by atoms with Crippen LogP contribution in [0.3, 0.4) is 0 Å². The van der Waals surface area contributed by atoms with Crippen LogP contribution in [0.25, 0.3) is 0 Å². The number of hydrogen-bond donors (Lipinski definition) is 2. The van der Waals surface area contributed by atoms with E-state index in [1.807, 2.05) is 18.7 Å². The summed E-state index contributed by atoms with van der Waals surface area (Å²) < 4.78 is 0. The topological polar surface area (TPSA) is 61.4 Å². The van der Waals surface area contributed by atoms with Crippen molar-refractivity contribution in [2.24, 2.45) is 0 Å². The van der Waals surface area contributed by atoms with Crippen LogP contribution < -0.4 is 10.6 Å². The third-order valence-electron chi connectivity index (χ3n) is 2.16. The molecule has 0 radical (unpaired) electrons. The van der Waals surface area contributed by atoms with E-state index in [0.29, 0.717) is 25.3 Å². The van der Waals surface area contributed by atoms with E-state index in [2.05, 4.69) is 17.2 Å². The molecule has 0 bridgehead atoms. The van der Waals surface area contributed by atoms with Crippen LogP contribution in [0.15, 0.2) is 24.4 Å². The van der Waals surface area contributed by atoms with Crippen molar-refractivity contribution in [1.82, 2.24) is 15.5 Å². The summed E-state index contributed by atoms with van der Waals surface area (Å²) in [6, 6.07) is 0.132. The average Bonchev–Trinajstić information content (AvgIpc) is 2.14. The van der Waals surface area contributed by atoms with Crippen molar-refractivity contribution in [3.63, 3.8) is 0 Å². The van der Waals surface area contributed by atoms with Crippen LogP contribution in [0.2, 0.25) is 0 Å². The number of amides is 2. The fourth-order valence-electron chi connectivity index (χ4n) is 1.58. The van der Waals surface area contributed by atoms with E-state index >= 15 is 0 Å². The molecule has 5 heteroatoms. The molecule has 2 amide bonds. The fourth-order valence-corrected chi connectivity index (χ4v) is 1.58. The molecule has 1 aliphatic rings. The minimum atomic E-state index is -0.111. The van der Waals surface area contributed by atoms with Crippen molar-refractivity contribution >= 4 is 11.8 Å². The molecule has 1 rings (SSSR count). The highest BCUT2D eigenvalue weighted by Crippen LogP contribution is 2.00. The summed E-state index contributed by atoms with van der Waals surface area (Å²) in [5.74, 6) is -0.165. The summed E-state index contributed by atoms with van der Waals surface area (Å²) in [4.78, 5) is 24.4. The molecule has 0 atom stereocenters. The first-order valence-corrected chi connectivity index (χ1v) is 5.64. The Morgan fingerprint density at radius 1 is 1.59 bits per heavy atom. The van der Waals surface area contributed by atoms with E-state index in [0.717, 1.165) is 0 Å². The third-order valence-corrected chi connectivity index (χ3v) is 2.16. The van der Waals surface area contributed by atoms with Crippen molar-refractivity contribution in [1.29, 1.82) is 0 Å². The first kappa shape index (κ1) is 13.4. The summed E-state index contributed by atoms with van der Waals surface area (Å²) in [5, 5.41) is 5.41. The van der Waals surface area contributed by atoms with Crippen LogP contribution >= 0.6 is 0 Å². The van der Waals surface area contributed by atoms with E-state index in [1.54, 1.807) is 6.08 Å². The lowest BCUT2D eigenvalue weighted by atomic mass is 10.3. The van der Waals surface area contributed by atoms with Gasteiger partial charge in [0.15, 0.2) is 0 Å². The van der Waals surface area contributed by atoms with Crippen molar-refractivity contribution in [2.75, 3.05) is 19.6 Å². The molecule has 0 spiro atoms. The lowest BCUT2D eigenvalue weighted by Gasteiger charge is -2.26. The number of nitrogens with zero attached hydrogens (tertiary/aromatic N) is 1. The van der Waals surface area contributed by atoms with Gasteiger partial charge in [0.25, 0.3) is 0 Å². The Hall–Kier alpha value is -1.62. The smallest absolute Gasteiger partial charge is 0.243 e. The normalized spacial score (nSPS) is 17.6. The van der Waals surface area contributed by atoms with Gasteiger partial charge in [0.05, 0.1) is 6.54 Å². The zero-order valence-corrected chi connectivity index (χ0v) is 10.3. The van der Waals surface area contributed by atoms with Gasteiger partial charge in [0, 0.05) is 30.9 Å². The van der Waals surface area contributed by atoms with Gasteiger partial charge < -0.3 is 10.6 Å². The fraction of sp³-hybridized carbons (Fsp3) is 0.500. The van der Waals surface area contributed by atoms with Gasteiger partial charge in [-0.15, -0.1) is 0 Å².